The number of aliphatic imine (C=N–C) groups is 1. The minimum absolute atomic E-state index is 0.108. The number of amides is 1. The summed E-state index contributed by atoms with van der Waals surface area (Å²) in [4.78, 5) is 41.6. The Morgan fingerprint density at radius 1 is 1.19 bits per heavy atom. The summed E-state index contributed by atoms with van der Waals surface area (Å²) < 4.78 is 15.1. The molecule has 0 aliphatic carbocycles. The van der Waals surface area contributed by atoms with E-state index in [0.29, 0.717) is 27.1 Å². The summed E-state index contributed by atoms with van der Waals surface area (Å²) >= 11 is 1.16. The van der Waals surface area contributed by atoms with Crippen LogP contribution >= 0.6 is 11.8 Å². The van der Waals surface area contributed by atoms with Gasteiger partial charge in [0.15, 0.2) is 16.7 Å². The van der Waals surface area contributed by atoms with E-state index in [0.717, 1.165) is 11.8 Å². The zero-order chi connectivity index (χ0) is 23.3. The van der Waals surface area contributed by atoms with Gasteiger partial charge in [-0.3, -0.25) is 9.69 Å². The van der Waals surface area contributed by atoms with Gasteiger partial charge in [-0.1, -0.05) is 12.1 Å². The molecule has 0 unspecified atom stereocenters. The average Bonchev–Trinajstić information content (AvgIpc) is 3.02. The van der Waals surface area contributed by atoms with Gasteiger partial charge in [0.25, 0.3) is 5.91 Å². The minimum Gasteiger partial charge on any atom is -0.493 e. The van der Waals surface area contributed by atoms with Crippen molar-refractivity contribution in [1.29, 1.82) is 0 Å². The lowest BCUT2D eigenvalue weighted by atomic mass is 10.2. The van der Waals surface area contributed by atoms with Crippen LogP contribution in [0.2, 0.25) is 0 Å². The van der Waals surface area contributed by atoms with Crippen molar-refractivity contribution in [2.24, 2.45) is 4.99 Å². The van der Waals surface area contributed by atoms with Crippen molar-refractivity contribution >= 4 is 46.7 Å². The number of carboxylic acid groups (broad SMARTS) is 1. The predicted molar refractivity (Wildman–Crippen MR) is 119 cm³/mol. The maximum absolute atomic E-state index is 12.7. The van der Waals surface area contributed by atoms with E-state index in [2.05, 4.69) is 4.99 Å². The number of hydrogen-bond donors (Lipinski definition) is 1. The highest BCUT2D eigenvalue weighted by molar-refractivity contribution is 8.18. The van der Waals surface area contributed by atoms with Crippen LogP contribution in [0.1, 0.15) is 22.8 Å². The molecule has 1 amide bonds. The third-order valence-corrected chi connectivity index (χ3v) is 5.32. The monoisotopic (exact) mass is 456 g/mol. The number of likely N-dealkylation sites (N-methyl/N-ethyl adjacent to an activating group) is 1. The van der Waals surface area contributed by atoms with Gasteiger partial charge in [-0.2, -0.15) is 0 Å². The molecule has 0 atom stereocenters. The lowest BCUT2D eigenvalue weighted by Gasteiger charge is -2.09. The van der Waals surface area contributed by atoms with Gasteiger partial charge < -0.3 is 19.3 Å². The molecule has 9 nitrogen and oxygen atoms in total. The van der Waals surface area contributed by atoms with Gasteiger partial charge in [0.1, 0.15) is 0 Å². The molecule has 1 saturated heterocycles. The maximum Gasteiger partial charge on any atom is 0.513 e. The number of thioether (sulfide) groups is 1. The second-order valence-electron chi connectivity index (χ2n) is 6.42. The van der Waals surface area contributed by atoms with Gasteiger partial charge in [-0.15, -0.1) is 0 Å². The fourth-order valence-electron chi connectivity index (χ4n) is 2.72. The highest BCUT2D eigenvalue weighted by Gasteiger charge is 2.30. The van der Waals surface area contributed by atoms with Gasteiger partial charge in [-0.05, 0) is 60.7 Å². The molecule has 1 N–H and O–H groups in total. The summed E-state index contributed by atoms with van der Waals surface area (Å²) in [6.07, 6.45) is 0.823. The standard InChI is InChI=1S/C22H20N2O7S/c1-4-30-22(28)31-16-9-8-13(10-17(16)29-3)11-18-19(25)24(2)21(32-18)23-15-7-5-6-14(12-15)20(26)27/h5-12H,4H2,1-3H3,(H,26,27)/b18-11+,23-21?. The highest BCUT2D eigenvalue weighted by atomic mass is 32.2. The van der Waals surface area contributed by atoms with Crippen LogP contribution in [0.5, 0.6) is 11.5 Å². The number of benzene rings is 2. The number of carbonyl (C=O) groups excluding carboxylic acids is 2. The quantitative estimate of drug-likeness (QED) is 0.391. The minimum atomic E-state index is -1.06. The first-order chi connectivity index (χ1) is 15.3. The molecule has 0 bridgehead atoms. The Labute approximate surface area is 188 Å². The van der Waals surface area contributed by atoms with Crippen molar-refractivity contribution in [2.45, 2.75) is 6.92 Å². The maximum atomic E-state index is 12.7. The Balaban J connectivity index is 1.85. The second kappa shape index (κ2) is 10.0. The molecule has 2 aromatic rings. The number of hydrogen-bond acceptors (Lipinski definition) is 8. The zero-order valence-electron chi connectivity index (χ0n) is 17.5. The summed E-state index contributed by atoms with van der Waals surface area (Å²) in [5, 5.41) is 9.55. The van der Waals surface area contributed by atoms with E-state index in [1.807, 2.05) is 0 Å². The van der Waals surface area contributed by atoms with Crippen LogP contribution in [-0.4, -0.2) is 54.0 Å². The van der Waals surface area contributed by atoms with Crippen LogP contribution in [0.3, 0.4) is 0 Å². The first-order valence-corrected chi connectivity index (χ1v) is 10.3. The van der Waals surface area contributed by atoms with Crippen molar-refractivity contribution in [3.05, 3.63) is 58.5 Å². The van der Waals surface area contributed by atoms with Crippen LogP contribution in [0.25, 0.3) is 6.08 Å². The summed E-state index contributed by atoms with van der Waals surface area (Å²) in [7, 11) is 3.02. The first kappa shape index (κ1) is 22.9. The molecule has 1 aliphatic heterocycles. The first-order valence-electron chi connectivity index (χ1n) is 9.44. The molecule has 1 aliphatic rings. The van der Waals surface area contributed by atoms with E-state index in [-0.39, 0.29) is 23.8 Å². The number of methoxy groups -OCH3 is 1. The van der Waals surface area contributed by atoms with E-state index in [4.69, 9.17) is 19.3 Å². The largest absolute Gasteiger partial charge is 0.513 e. The predicted octanol–water partition coefficient (Wildman–Crippen LogP) is 4.16. The van der Waals surface area contributed by atoms with Crippen molar-refractivity contribution in [1.82, 2.24) is 4.90 Å². The Morgan fingerprint density at radius 3 is 2.66 bits per heavy atom. The molecule has 32 heavy (non-hydrogen) atoms. The van der Waals surface area contributed by atoms with E-state index < -0.39 is 12.1 Å². The summed E-state index contributed by atoms with van der Waals surface area (Å²) in [5.74, 6) is -0.818. The topological polar surface area (TPSA) is 115 Å². The van der Waals surface area contributed by atoms with Gasteiger partial charge in [0.2, 0.25) is 0 Å². The molecule has 3 rings (SSSR count). The third-order valence-electron chi connectivity index (χ3n) is 4.26. The van der Waals surface area contributed by atoms with Gasteiger partial charge in [-0.25, -0.2) is 14.6 Å². The Bertz CT molecular complexity index is 1130. The number of ether oxygens (including phenoxy) is 3. The Kier molecular flexibility index (Phi) is 7.16. The van der Waals surface area contributed by atoms with Crippen LogP contribution in [0.15, 0.2) is 52.4 Å². The molecule has 0 spiro atoms. The number of rotatable bonds is 6. The van der Waals surface area contributed by atoms with Crippen LogP contribution in [0, 0.1) is 0 Å². The normalized spacial score (nSPS) is 15.8. The summed E-state index contributed by atoms with van der Waals surface area (Å²) in [6.45, 7) is 1.85. The van der Waals surface area contributed by atoms with E-state index in [9.17, 15) is 14.4 Å². The number of carboxylic acids is 1. The Hall–Kier alpha value is -3.79. The third kappa shape index (κ3) is 5.27. The van der Waals surface area contributed by atoms with Crippen molar-refractivity contribution in [3.8, 4) is 11.5 Å². The van der Waals surface area contributed by atoms with E-state index in [1.165, 1.54) is 24.1 Å². The summed E-state index contributed by atoms with van der Waals surface area (Å²) in [5.41, 5.74) is 1.18. The van der Waals surface area contributed by atoms with Crippen LogP contribution < -0.4 is 9.47 Å². The molecular weight excluding hydrogens is 436 g/mol. The average molecular weight is 456 g/mol. The fraction of sp³-hybridized carbons (Fsp3) is 0.182. The number of carbonyl (C=O) groups is 3. The molecule has 1 heterocycles. The van der Waals surface area contributed by atoms with Crippen LogP contribution in [-0.2, 0) is 9.53 Å². The van der Waals surface area contributed by atoms with E-state index >= 15 is 0 Å². The molecular formula is C22H20N2O7S. The molecule has 0 radical (unpaired) electrons. The van der Waals surface area contributed by atoms with Gasteiger partial charge >= 0.3 is 12.1 Å². The van der Waals surface area contributed by atoms with E-state index in [1.54, 1.807) is 50.4 Å². The SMILES string of the molecule is CCOC(=O)Oc1ccc(/C=C2/SC(=Nc3cccc(C(=O)O)c3)N(C)C2=O)cc1OC. The fourth-order valence-corrected chi connectivity index (χ4v) is 3.70. The molecule has 10 heteroatoms. The lowest BCUT2D eigenvalue weighted by Crippen LogP contribution is -2.23. The summed E-state index contributed by atoms with van der Waals surface area (Å²) in [6, 6.07) is 11.0. The van der Waals surface area contributed by atoms with Crippen LogP contribution in [0.4, 0.5) is 10.5 Å². The molecule has 0 aromatic heterocycles. The number of aromatic carboxylic acids is 1. The second-order valence-corrected chi connectivity index (χ2v) is 7.43. The highest BCUT2D eigenvalue weighted by Crippen LogP contribution is 2.35. The van der Waals surface area contributed by atoms with Crippen molar-refractivity contribution in [2.75, 3.05) is 20.8 Å². The van der Waals surface area contributed by atoms with Crippen molar-refractivity contribution in [3.63, 3.8) is 0 Å². The zero-order valence-corrected chi connectivity index (χ0v) is 18.3. The molecule has 2 aromatic carbocycles. The molecule has 166 valence electrons. The number of amidine groups is 1. The number of nitrogens with zero attached hydrogens (tertiary/aromatic N) is 2. The van der Waals surface area contributed by atoms with Gasteiger partial charge in [0.05, 0.1) is 29.9 Å². The smallest absolute Gasteiger partial charge is 0.493 e. The Morgan fingerprint density at radius 2 is 1.97 bits per heavy atom. The lowest BCUT2D eigenvalue weighted by molar-refractivity contribution is -0.121. The van der Waals surface area contributed by atoms with Gasteiger partial charge in [0, 0.05) is 7.05 Å². The molecule has 0 saturated carbocycles. The van der Waals surface area contributed by atoms with Crippen molar-refractivity contribution < 1.29 is 33.7 Å². The molecule has 1 fully saturated rings.